The molecule has 1 aromatic carbocycles. The van der Waals surface area contributed by atoms with E-state index in [1.807, 2.05) is 0 Å². The molecule has 0 spiro atoms. The molecule has 0 aliphatic carbocycles. The van der Waals surface area contributed by atoms with E-state index < -0.39 is 0 Å². The normalized spacial score (nSPS) is 10.8. The summed E-state index contributed by atoms with van der Waals surface area (Å²) in [5, 5.41) is 4.51. The molecule has 0 aliphatic rings. The van der Waals surface area contributed by atoms with Gasteiger partial charge in [-0.2, -0.15) is 0 Å². The van der Waals surface area contributed by atoms with Crippen LogP contribution in [-0.4, -0.2) is 18.6 Å². The minimum absolute atomic E-state index is 0.916. The lowest BCUT2D eigenvalue weighted by Crippen LogP contribution is -2.13. The quantitative estimate of drug-likeness (QED) is 0.814. The summed E-state index contributed by atoms with van der Waals surface area (Å²) in [6.45, 7) is 8.38. The second-order valence-corrected chi connectivity index (χ2v) is 6.09. The lowest BCUT2D eigenvalue weighted by atomic mass is 10.2. The van der Waals surface area contributed by atoms with Crippen LogP contribution in [0.3, 0.4) is 0 Å². The largest absolute Gasteiger partial charge is 0.321 e. The molecule has 108 valence electrons. The monoisotopic (exact) mass is 289 g/mol. The van der Waals surface area contributed by atoms with E-state index in [2.05, 4.69) is 62.3 Å². The van der Waals surface area contributed by atoms with E-state index in [4.69, 9.17) is 4.98 Å². The maximum absolute atomic E-state index is 4.71. The fourth-order valence-electron chi connectivity index (χ4n) is 2.14. The highest BCUT2D eigenvalue weighted by atomic mass is 32.1. The summed E-state index contributed by atoms with van der Waals surface area (Å²) in [4.78, 5) is 8.22. The molecule has 20 heavy (non-hydrogen) atoms. The first kappa shape index (κ1) is 15.0. The highest BCUT2D eigenvalue weighted by molar-refractivity contribution is 7.15. The number of para-hydroxylation sites is 1. The zero-order chi connectivity index (χ0) is 14.5. The first-order valence-electron chi connectivity index (χ1n) is 7.10. The minimum atomic E-state index is 0.916. The second kappa shape index (κ2) is 6.86. The molecule has 1 N–H and O–H groups in total. The average molecular weight is 289 g/mol. The molecule has 0 fully saturated rings. The van der Waals surface area contributed by atoms with Crippen molar-refractivity contribution in [3.63, 3.8) is 0 Å². The fraction of sp³-hybridized carbons (Fsp3) is 0.438. The van der Waals surface area contributed by atoms with Crippen LogP contribution >= 0.6 is 11.3 Å². The molecule has 0 radical (unpaired) electrons. The van der Waals surface area contributed by atoms with Crippen molar-refractivity contribution in [1.82, 2.24) is 10.3 Å². The van der Waals surface area contributed by atoms with Gasteiger partial charge in [-0.3, -0.25) is 0 Å². The van der Waals surface area contributed by atoms with Gasteiger partial charge < -0.3 is 10.2 Å². The number of hydrogen-bond acceptors (Lipinski definition) is 4. The smallest absolute Gasteiger partial charge is 0.190 e. The average Bonchev–Trinajstić information content (AvgIpc) is 2.80. The molecule has 3 nitrogen and oxygen atoms in total. The summed E-state index contributed by atoms with van der Waals surface area (Å²) in [6, 6.07) is 8.42. The second-order valence-electron chi connectivity index (χ2n) is 5.03. The molecular formula is C16H23N3S. The topological polar surface area (TPSA) is 28.2 Å². The molecule has 0 unspecified atom stereocenters. The van der Waals surface area contributed by atoms with Gasteiger partial charge >= 0.3 is 0 Å². The molecule has 1 heterocycles. The molecular weight excluding hydrogens is 266 g/mol. The summed E-state index contributed by atoms with van der Waals surface area (Å²) in [5.74, 6) is 0. The minimum Gasteiger partial charge on any atom is -0.321 e. The van der Waals surface area contributed by atoms with Crippen molar-refractivity contribution in [2.24, 2.45) is 0 Å². The van der Waals surface area contributed by atoms with Gasteiger partial charge in [-0.15, -0.1) is 0 Å². The van der Waals surface area contributed by atoms with Crippen molar-refractivity contribution in [2.75, 3.05) is 18.5 Å². The van der Waals surface area contributed by atoms with Crippen molar-refractivity contribution in [2.45, 2.75) is 33.7 Å². The molecule has 0 saturated carbocycles. The number of rotatable bonds is 6. The predicted molar refractivity (Wildman–Crippen MR) is 88.1 cm³/mol. The molecule has 0 aliphatic heterocycles. The number of benzene rings is 1. The highest BCUT2D eigenvalue weighted by Crippen LogP contribution is 2.31. The van der Waals surface area contributed by atoms with Gasteiger partial charge in [-0.1, -0.05) is 36.5 Å². The third kappa shape index (κ3) is 3.38. The van der Waals surface area contributed by atoms with Gasteiger partial charge in [0.15, 0.2) is 5.13 Å². The van der Waals surface area contributed by atoms with Crippen LogP contribution < -0.4 is 10.2 Å². The Bertz CT molecular complexity index is 563. The van der Waals surface area contributed by atoms with Crippen LogP contribution in [-0.2, 0) is 6.54 Å². The highest BCUT2D eigenvalue weighted by Gasteiger charge is 2.13. The summed E-state index contributed by atoms with van der Waals surface area (Å²) in [5.41, 5.74) is 3.62. The summed E-state index contributed by atoms with van der Waals surface area (Å²) in [7, 11) is 2.09. The van der Waals surface area contributed by atoms with Gasteiger partial charge in [-0.05, 0) is 38.4 Å². The number of nitrogens with one attached hydrogen (secondary N) is 1. The molecule has 2 aromatic rings. The van der Waals surface area contributed by atoms with Gasteiger partial charge in [0.05, 0.1) is 5.69 Å². The Labute approximate surface area is 125 Å². The number of aryl methyl sites for hydroxylation is 2. The first-order valence-corrected chi connectivity index (χ1v) is 7.91. The van der Waals surface area contributed by atoms with E-state index in [9.17, 15) is 0 Å². The van der Waals surface area contributed by atoms with Crippen LogP contribution in [0.5, 0.6) is 0 Å². The standard InChI is InChI=1S/C16H23N3S/c1-5-10-17-11-15-13(3)18-16(20-15)19(4)14-9-7-6-8-12(14)2/h6-9,17H,5,10-11H2,1-4H3. The summed E-state index contributed by atoms with van der Waals surface area (Å²) >= 11 is 1.77. The van der Waals surface area contributed by atoms with Gasteiger partial charge in [0.1, 0.15) is 0 Å². The Kier molecular flexibility index (Phi) is 5.15. The zero-order valence-corrected chi connectivity index (χ0v) is 13.5. The maximum atomic E-state index is 4.71. The van der Waals surface area contributed by atoms with Crippen molar-refractivity contribution >= 4 is 22.2 Å². The number of aromatic nitrogens is 1. The van der Waals surface area contributed by atoms with Crippen molar-refractivity contribution in [1.29, 1.82) is 0 Å². The van der Waals surface area contributed by atoms with E-state index in [1.54, 1.807) is 11.3 Å². The Hall–Kier alpha value is -1.39. The lowest BCUT2D eigenvalue weighted by Gasteiger charge is -2.18. The number of thiazole rings is 1. The Morgan fingerprint density at radius 3 is 2.70 bits per heavy atom. The van der Waals surface area contributed by atoms with Crippen LogP contribution in [0.4, 0.5) is 10.8 Å². The van der Waals surface area contributed by atoms with E-state index in [0.717, 1.165) is 30.3 Å². The third-order valence-electron chi connectivity index (χ3n) is 3.36. The van der Waals surface area contributed by atoms with Gasteiger partial charge in [0, 0.05) is 24.2 Å². The number of anilines is 2. The van der Waals surface area contributed by atoms with Crippen LogP contribution in [0.15, 0.2) is 24.3 Å². The SMILES string of the molecule is CCCNCc1sc(N(C)c2ccccc2C)nc1C. The summed E-state index contributed by atoms with van der Waals surface area (Å²) in [6.07, 6.45) is 1.16. The van der Waals surface area contributed by atoms with Crippen molar-refractivity contribution in [3.05, 3.63) is 40.4 Å². The maximum Gasteiger partial charge on any atom is 0.190 e. The third-order valence-corrected chi connectivity index (χ3v) is 4.59. The van der Waals surface area contributed by atoms with Crippen molar-refractivity contribution in [3.8, 4) is 0 Å². The van der Waals surface area contributed by atoms with Gasteiger partial charge in [-0.25, -0.2) is 4.98 Å². The molecule has 4 heteroatoms. The Balaban J connectivity index is 2.17. The lowest BCUT2D eigenvalue weighted by molar-refractivity contribution is 0.678. The van der Waals surface area contributed by atoms with Crippen LogP contribution in [0.1, 0.15) is 29.5 Å². The van der Waals surface area contributed by atoms with Crippen LogP contribution in [0, 0.1) is 13.8 Å². The predicted octanol–water partition coefficient (Wildman–Crippen LogP) is 4.03. The van der Waals surface area contributed by atoms with Crippen LogP contribution in [0.25, 0.3) is 0 Å². The number of hydrogen-bond donors (Lipinski definition) is 1. The van der Waals surface area contributed by atoms with E-state index in [-0.39, 0.29) is 0 Å². The zero-order valence-electron chi connectivity index (χ0n) is 12.7. The molecule has 1 aromatic heterocycles. The van der Waals surface area contributed by atoms with E-state index in [1.165, 1.54) is 16.1 Å². The molecule has 0 amide bonds. The van der Waals surface area contributed by atoms with Gasteiger partial charge in [0.25, 0.3) is 0 Å². The molecule has 0 atom stereocenters. The van der Waals surface area contributed by atoms with E-state index >= 15 is 0 Å². The Morgan fingerprint density at radius 1 is 1.25 bits per heavy atom. The fourth-order valence-corrected chi connectivity index (χ4v) is 3.15. The Morgan fingerprint density at radius 2 is 2.00 bits per heavy atom. The van der Waals surface area contributed by atoms with Crippen molar-refractivity contribution < 1.29 is 0 Å². The van der Waals surface area contributed by atoms with Gasteiger partial charge in [0.2, 0.25) is 0 Å². The number of nitrogens with zero attached hydrogens (tertiary/aromatic N) is 2. The first-order chi connectivity index (χ1) is 9.63. The molecule has 2 rings (SSSR count). The van der Waals surface area contributed by atoms with Crippen LogP contribution in [0.2, 0.25) is 0 Å². The summed E-state index contributed by atoms with van der Waals surface area (Å²) < 4.78 is 0. The molecule has 0 saturated heterocycles. The molecule has 0 bridgehead atoms. The van der Waals surface area contributed by atoms with E-state index in [0.29, 0.717) is 0 Å².